The van der Waals surface area contributed by atoms with E-state index in [1.807, 2.05) is 24.3 Å². The molecule has 1 unspecified atom stereocenters. The molecule has 3 rings (SSSR count). The van der Waals surface area contributed by atoms with E-state index in [1.54, 1.807) is 12.4 Å². The minimum atomic E-state index is -0.147. The third kappa shape index (κ3) is 2.70. The lowest BCUT2D eigenvalue weighted by atomic mass is 9.95. The summed E-state index contributed by atoms with van der Waals surface area (Å²) in [5.41, 5.74) is 3.47. The Hall–Kier alpha value is -2.20. The number of nitrogens with zero attached hydrogens (tertiary/aromatic N) is 1. The number of hydrogen-bond acceptors (Lipinski definition) is 3. The highest BCUT2D eigenvalue weighted by atomic mass is 16.2. The summed E-state index contributed by atoms with van der Waals surface area (Å²) in [4.78, 5) is 15.9. The number of rotatable bonds is 3. The number of piperazine rings is 1. The molecule has 2 heterocycles. The summed E-state index contributed by atoms with van der Waals surface area (Å²) in [5, 5.41) is 6.17. The summed E-state index contributed by atoms with van der Waals surface area (Å²) in [6.45, 7) is 1.54. The van der Waals surface area contributed by atoms with Gasteiger partial charge in [0.1, 0.15) is 0 Å². The lowest BCUT2D eigenvalue weighted by Crippen LogP contribution is -2.53. The number of aromatic nitrogens is 1. The number of carbonyl (C=O) groups is 1. The maximum absolute atomic E-state index is 11.9. The van der Waals surface area contributed by atoms with Gasteiger partial charge >= 0.3 is 0 Å². The smallest absolute Gasteiger partial charge is 0.237 e. The monoisotopic (exact) mass is 267 g/mol. The number of benzene rings is 1. The maximum atomic E-state index is 11.9. The zero-order valence-electron chi connectivity index (χ0n) is 11.2. The summed E-state index contributed by atoms with van der Waals surface area (Å²) in [6.07, 6.45) is 4.28. The average Bonchev–Trinajstić information content (AvgIpc) is 2.51. The molecule has 0 saturated carbocycles. The van der Waals surface area contributed by atoms with Gasteiger partial charge < -0.3 is 10.6 Å². The van der Waals surface area contributed by atoms with Crippen molar-refractivity contribution >= 4 is 5.91 Å². The Bertz CT molecular complexity index is 598. The highest BCUT2D eigenvalue weighted by Crippen LogP contribution is 2.24. The van der Waals surface area contributed by atoms with Crippen molar-refractivity contribution in [3.8, 4) is 11.1 Å². The minimum absolute atomic E-state index is 0.0841. The Morgan fingerprint density at radius 2 is 1.90 bits per heavy atom. The van der Waals surface area contributed by atoms with E-state index in [0.717, 1.165) is 17.7 Å². The van der Waals surface area contributed by atoms with Gasteiger partial charge in [0.15, 0.2) is 0 Å². The standard InChI is InChI=1S/C16H17N3O/c20-16-15(18-9-10-19-16)11-13-3-1-2-4-14(13)12-5-7-17-8-6-12/h1-8,15,18H,9-11H2,(H,19,20). The molecule has 0 aliphatic carbocycles. The van der Waals surface area contributed by atoms with Crippen molar-refractivity contribution < 1.29 is 4.79 Å². The molecule has 1 fully saturated rings. The van der Waals surface area contributed by atoms with Crippen molar-refractivity contribution in [1.29, 1.82) is 0 Å². The highest BCUT2D eigenvalue weighted by molar-refractivity contribution is 5.83. The third-order valence-electron chi connectivity index (χ3n) is 3.56. The second kappa shape index (κ2) is 5.84. The average molecular weight is 267 g/mol. The molecule has 102 valence electrons. The molecule has 0 bridgehead atoms. The van der Waals surface area contributed by atoms with Gasteiger partial charge in [-0.15, -0.1) is 0 Å². The van der Waals surface area contributed by atoms with Crippen molar-refractivity contribution in [2.45, 2.75) is 12.5 Å². The van der Waals surface area contributed by atoms with Crippen LogP contribution < -0.4 is 10.6 Å². The molecule has 4 heteroatoms. The van der Waals surface area contributed by atoms with Gasteiger partial charge in [-0.3, -0.25) is 9.78 Å². The van der Waals surface area contributed by atoms with E-state index in [-0.39, 0.29) is 11.9 Å². The first-order valence-electron chi connectivity index (χ1n) is 6.84. The summed E-state index contributed by atoms with van der Waals surface area (Å²) >= 11 is 0. The molecule has 0 radical (unpaired) electrons. The van der Waals surface area contributed by atoms with Crippen molar-refractivity contribution in [3.63, 3.8) is 0 Å². The number of pyridine rings is 1. The van der Waals surface area contributed by atoms with Gasteiger partial charge in [0.05, 0.1) is 6.04 Å². The largest absolute Gasteiger partial charge is 0.353 e. The lowest BCUT2D eigenvalue weighted by Gasteiger charge is -2.24. The summed E-state index contributed by atoms with van der Waals surface area (Å²) in [6, 6.07) is 12.0. The molecule has 1 aliphatic rings. The van der Waals surface area contributed by atoms with Gasteiger partial charge in [-0.25, -0.2) is 0 Å². The summed E-state index contributed by atoms with van der Waals surface area (Å²) < 4.78 is 0. The van der Waals surface area contributed by atoms with Crippen molar-refractivity contribution in [1.82, 2.24) is 15.6 Å². The second-order valence-corrected chi connectivity index (χ2v) is 4.89. The van der Waals surface area contributed by atoms with Gasteiger partial charge in [0.25, 0.3) is 0 Å². The van der Waals surface area contributed by atoms with E-state index < -0.39 is 0 Å². The molecule has 1 atom stereocenters. The predicted molar refractivity (Wildman–Crippen MR) is 78.2 cm³/mol. The van der Waals surface area contributed by atoms with E-state index in [9.17, 15) is 4.79 Å². The zero-order chi connectivity index (χ0) is 13.8. The van der Waals surface area contributed by atoms with Gasteiger partial charge in [-0.05, 0) is 35.2 Å². The molecule has 1 saturated heterocycles. The maximum Gasteiger partial charge on any atom is 0.237 e. The first-order chi connectivity index (χ1) is 9.84. The molecular weight excluding hydrogens is 250 g/mol. The molecule has 1 aromatic carbocycles. The van der Waals surface area contributed by atoms with Crippen LogP contribution in [0.3, 0.4) is 0 Å². The molecule has 2 aromatic rings. The van der Waals surface area contributed by atoms with Crippen LogP contribution in [-0.4, -0.2) is 30.0 Å². The Labute approximate surface area is 118 Å². The van der Waals surface area contributed by atoms with Gasteiger partial charge in [0.2, 0.25) is 5.91 Å². The van der Waals surface area contributed by atoms with Crippen LogP contribution in [0.4, 0.5) is 0 Å². The fourth-order valence-electron chi connectivity index (χ4n) is 2.54. The Balaban J connectivity index is 1.88. The SMILES string of the molecule is O=C1NCCNC1Cc1ccccc1-c1ccncc1. The van der Waals surface area contributed by atoms with Crippen molar-refractivity contribution in [3.05, 3.63) is 54.4 Å². The Kier molecular flexibility index (Phi) is 3.74. The first-order valence-corrected chi connectivity index (χ1v) is 6.84. The first kappa shape index (κ1) is 12.8. The topological polar surface area (TPSA) is 54.0 Å². The molecule has 4 nitrogen and oxygen atoms in total. The van der Waals surface area contributed by atoms with Crippen LogP contribution in [0.1, 0.15) is 5.56 Å². The van der Waals surface area contributed by atoms with E-state index in [0.29, 0.717) is 13.0 Å². The molecule has 1 aromatic heterocycles. The molecule has 1 amide bonds. The van der Waals surface area contributed by atoms with E-state index >= 15 is 0 Å². The van der Waals surface area contributed by atoms with Crippen LogP contribution >= 0.6 is 0 Å². The van der Waals surface area contributed by atoms with Crippen LogP contribution in [0, 0.1) is 0 Å². The molecule has 0 spiro atoms. The molecular formula is C16H17N3O. The fourth-order valence-corrected chi connectivity index (χ4v) is 2.54. The van der Waals surface area contributed by atoms with Gasteiger partial charge in [-0.1, -0.05) is 24.3 Å². The van der Waals surface area contributed by atoms with Gasteiger partial charge in [-0.2, -0.15) is 0 Å². The van der Waals surface area contributed by atoms with Crippen molar-refractivity contribution in [2.75, 3.05) is 13.1 Å². The Morgan fingerprint density at radius 1 is 1.10 bits per heavy atom. The minimum Gasteiger partial charge on any atom is -0.353 e. The van der Waals surface area contributed by atoms with Crippen molar-refractivity contribution in [2.24, 2.45) is 0 Å². The fraction of sp³-hybridized carbons (Fsp3) is 0.250. The summed E-state index contributed by atoms with van der Waals surface area (Å²) in [7, 11) is 0. The molecule has 20 heavy (non-hydrogen) atoms. The van der Waals surface area contributed by atoms with Crippen LogP contribution in [0.2, 0.25) is 0 Å². The van der Waals surface area contributed by atoms with Crippen LogP contribution in [0.25, 0.3) is 11.1 Å². The Morgan fingerprint density at radius 3 is 2.70 bits per heavy atom. The number of amides is 1. The third-order valence-corrected chi connectivity index (χ3v) is 3.56. The number of nitrogens with one attached hydrogen (secondary N) is 2. The van der Waals surface area contributed by atoms with Crippen LogP contribution in [0.15, 0.2) is 48.8 Å². The highest BCUT2D eigenvalue weighted by Gasteiger charge is 2.22. The quantitative estimate of drug-likeness (QED) is 0.883. The van der Waals surface area contributed by atoms with Crippen LogP contribution in [-0.2, 0) is 11.2 Å². The van der Waals surface area contributed by atoms with E-state index in [1.165, 1.54) is 5.56 Å². The van der Waals surface area contributed by atoms with E-state index in [4.69, 9.17) is 0 Å². The van der Waals surface area contributed by atoms with Gasteiger partial charge in [0, 0.05) is 25.5 Å². The van der Waals surface area contributed by atoms with E-state index in [2.05, 4.69) is 27.8 Å². The zero-order valence-corrected chi connectivity index (χ0v) is 11.2. The normalized spacial score (nSPS) is 18.6. The molecule has 2 N–H and O–H groups in total. The number of hydrogen-bond donors (Lipinski definition) is 2. The second-order valence-electron chi connectivity index (χ2n) is 4.89. The van der Waals surface area contributed by atoms with Crippen LogP contribution in [0.5, 0.6) is 0 Å². The summed E-state index contributed by atoms with van der Waals surface area (Å²) in [5.74, 6) is 0.0841. The predicted octanol–water partition coefficient (Wildman–Crippen LogP) is 1.38. The lowest BCUT2D eigenvalue weighted by molar-refractivity contribution is -0.124. The number of carbonyl (C=O) groups excluding carboxylic acids is 1. The molecule has 1 aliphatic heterocycles.